The molecule has 0 radical (unpaired) electrons. The standard InChI is InChI=1S/C18H20BrNO3/c1-20(12-13-4-7-15(19)8-5-13)18(21)11-14-6-9-16(22-2)17(10-14)23-3/h4-10H,11-12H2,1-3H3. The number of methoxy groups -OCH3 is 2. The van der Waals surface area contributed by atoms with E-state index in [1.165, 1.54) is 0 Å². The van der Waals surface area contributed by atoms with Crippen molar-refractivity contribution in [2.45, 2.75) is 13.0 Å². The summed E-state index contributed by atoms with van der Waals surface area (Å²) in [4.78, 5) is 14.1. The average Bonchev–Trinajstić information content (AvgIpc) is 2.56. The van der Waals surface area contributed by atoms with Crippen molar-refractivity contribution in [3.05, 3.63) is 58.1 Å². The van der Waals surface area contributed by atoms with Gasteiger partial charge >= 0.3 is 0 Å². The Balaban J connectivity index is 2.01. The van der Waals surface area contributed by atoms with Gasteiger partial charge in [0, 0.05) is 18.1 Å². The molecule has 0 aliphatic rings. The first-order chi connectivity index (χ1) is 11.0. The van der Waals surface area contributed by atoms with E-state index in [0.717, 1.165) is 15.6 Å². The van der Waals surface area contributed by atoms with E-state index in [0.29, 0.717) is 24.5 Å². The number of halogens is 1. The number of likely N-dealkylation sites (N-methyl/N-ethyl adjacent to an activating group) is 1. The molecule has 0 spiro atoms. The molecule has 0 fully saturated rings. The van der Waals surface area contributed by atoms with E-state index in [9.17, 15) is 4.79 Å². The Kier molecular flexibility index (Phi) is 6.04. The zero-order chi connectivity index (χ0) is 16.8. The molecule has 23 heavy (non-hydrogen) atoms. The minimum absolute atomic E-state index is 0.0557. The van der Waals surface area contributed by atoms with Crippen LogP contribution in [-0.4, -0.2) is 32.1 Å². The van der Waals surface area contributed by atoms with Crippen molar-refractivity contribution in [2.75, 3.05) is 21.3 Å². The fourth-order valence-electron chi connectivity index (χ4n) is 2.25. The van der Waals surface area contributed by atoms with Gasteiger partial charge in [-0.05, 0) is 35.4 Å². The maximum Gasteiger partial charge on any atom is 0.227 e. The number of carbonyl (C=O) groups excluding carboxylic acids is 1. The van der Waals surface area contributed by atoms with Gasteiger partial charge in [0.15, 0.2) is 11.5 Å². The zero-order valence-corrected chi connectivity index (χ0v) is 15.1. The van der Waals surface area contributed by atoms with Crippen molar-refractivity contribution in [3.8, 4) is 11.5 Å². The molecule has 5 heteroatoms. The molecule has 0 saturated heterocycles. The number of benzene rings is 2. The van der Waals surface area contributed by atoms with Crippen molar-refractivity contribution < 1.29 is 14.3 Å². The van der Waals surface area contributed by atoms with Crippen molar-refractivity contribution in [1.29, 1.82) is 0 Å². The maximum atomic E-state index is 12.4. The number of amides is 1. The van der Waals surface area contributed by atoms with E-state index in [4.69, 9.17) is 9.47 Å². The van der Waals surface area contributed by atoms with Crippen LogP contribution in [0.5, 0.6) is 11.5 Å². The van der Waals surface area contributed by atoms with Gasteiger partial charge in [0.2, 0.25) is 5.91 Å². The first kappa shape index (κ1) is 17.3. The van der Waals surface area contributed by atoms with Gasteiger partial charge < -0.3 is 14.4 Å². The van der Waals surface area contributed by atoms with E-state index >= 15 is 0 Å². The predicted octanol–water partition coefficient (Wildman–Crippen LogP) is 3.67. The summed E-state index contributed by atoms with van der Waals surface area (Å²) in [5.74, 6) is 1.35. The Morgan fingerprint density at radius 3 is 2.22 bits per heavy atom. The summed E-state index contributed by atoms with van der Waals surface area (Å²) < 4.78 is 11.5. The maximum absolute atomic E-state index is 12.4. The summed E-state index contributed by atoms with van der Waals surface area (Å²) in [7, 11) is 4.99. The zero-order valence-electron chi connectivity index (χ0n) is 13.5. The van der Waals surface area contributed by atoms with Gasteiger partial charge in [-0.2, -0.15) is 0 Å². The van der Waals surface area contributed by atoms with Crippen LogP contribution in [0.4, 0.5) is 0 Å². The Morgan fingerprint density at radius 1 is 1.00 bits per heavy atom. The molecule has 1 amide bonds. The number of nitrogens with zero attached hydrogens (tertiary/aromatic N) is 1. The van der Waals surface area contributed by atoms with Crippen LogP contribution in [0.3, 0.4) is 0 Å². The van der Waals surface area contributed by atoms with Gasteiger partial charge in [-0.1, -0.05) is 34.1 Å². The molecular formula is C18H20BrNO3. The lowest BCUT2D eigenvalue weighted by molar-refractivity contribution is -0.129. The van der Waals surface area contributed by atoms with Crippen LogP contribution in [0.15, 0.2) is 46.9 Å². The topological polar surface area (TPSA) is 38.8 Å². The van der Waals surface area contributed by atoms with E-state index in [2.05, 4.69) is 15.9 Å². The van der Waals surface area contributed by atoms with Gasteiger partial charge in [-0.15, -0.1) is 0 Å². The molecule has 0 heterocycles. The van der Waals surface area contributed by atoms with Gasteiger partial charge in [-0.3, -0.25) is 4.79 Å². The summed E-state index contributed by atoms with van der Waals surface area (Å²) >= 11 is 3.41. The largest absolute Gasteiger partial charge is 0.493 e. The monoisotopic (exact) mass is 377 g/mol. The van der Waals surface area contributed by atoms with Crippen molar-refractivity contribution in [3.63, 3.8) is 0 Å². The highest BCUT2D eigenvalue weighted by molar-refractivity contribution is 9.10. The van der Waals surface area contributed by atoms with Crippen LogP contribution in [0.1, 0.15) is 11.1 Å². The minimum Gasteiger partial charge on any atom is -0.493 e. The summed E-state index contributed by atoms with van der Waals surface area (Å²) in [6.07, 6.45) is 0.327. The van der Waals surface area contributed by atoms with Crippen molar-refractivity contribution >= 4 is 21.8 Å². The molecule has 122 valence electrons. The Morgan fingerprint density at radius 2 is 1.61 bits per heavy atom. The molecule has 0 aliphatic heterocycles. The minimum atomic E-state index is 0.0557. The highest BCUT2D eigenvalue weighted by atomic mass is 79.9. The van der Waals surface area contributed by atoms with Crippen LogP contribution >= 0.6 is 15.9 Å². The van der Waals surface area contributed by atoms with E-state index in [1.807, 2.05) is 49.5 Å². The highest BCUT2D eigenvalue weighted by Crippen LogP contribution is 2.27. The summed E-state index contributed by atoms with van der Waals surface area (Å²) in [5, 5.41) is 0. The molecular weight excluding hydrogens is 358 g/mol. The third-order valence-electron chi connectivity index (χ3n) is 3.56. The summed E-state index contributed by atoms with van der Waals surface area (Å²) in [6, 6.07) is 13.5. The highest BCUT2D eigenvalue weighted by Gasteiger charge is 2.12. The number of hydrogen-bond donors (Lipinski definition) is 0. The first-order valence-electron chi connectivity index (χ1n) is 7.22. The average molecular weight is 378 g/mol. The molecule has 0 atom stereocenters. The lowest BCUT2D eigenvalue weighted by Crippen LogP contribution is -2.27. The predicted molar refractivity (Wildman–Crippen MR) is 93.9 cm³/mol. The number of rotatable bonds is 6. The Labute approximate surface area is 145 Å². The van der Waals surface area contributed by atoms with Crippen molar-refractivity contribution in [2.24, 2.45) is 0 Å². The second kappa shape index (κ2) is 8.02. The number of hydrogen-bond acceptors (Lipinski definition) is 3. The molecule has 4 nitrogen and oxygen atoms in total. The van der Waals surface area contributed by atoms with Crippen LogP contribution in [-0.2, 0) is 17.8 Å². The second-order valence-corrected chi connectivity index (χ2v) is 6.16. The molecule has 2 aromatic rings. The third-order valence-corrected chi connectivity index (χ3v) is 4.09. The molecule has 2 rings (SSSR count). The molecule has 2 aromatic carbocycles. The molecule has 0 bridgehead atoms. The van der Waals surface area contributed by atoms with Gasteiger partial charge in [0.1, 0.15) is 0 Å². The van der Waals surface area contributed by atoms with Crippen LogP contribution < -0.4 is 9.47 Å². The smallest absolute Gasteiger partial charge is 0.227 e. The normalized spacial score (nSPS) is 10.3. The van der Waals surface area contributed by atoms with Crippen molar-refractivity contribution in [1.82, 2.24) is 4.90 Å². The van der Waals surface area contributed by atoms with Crippen LogP contribution in [0.25, 0.3) is 0 Å². The Bertz CT molecular complexity index is 670. The molecule has 0 N–H and O–H groups in total. The van der Waals surface area contributed by atoms with Gasteiger partial charge in [0.05, 0.1) is 20.6 Å². The van der Waals surface area contributed by atoms with Crippen LogP contribution in [0.2, 0.25) is 0 Å². The first-order valence-corrected chi connectivity index (χ1v) is 8.02. The fraction of sp³-hybridized carbons (Fsp3) is 0.278. The van der Waals surface area contributed by atoms with Gasteiger partial charge in [-0.25, -0.2) is 0 Å². The molecule has 0 saturated carbocycles. The van der Waals surface area contributed by atoms with E-state index < -0.39 is 0 Å². The Hall–Kier alpha value is -2.01. The van der Waals surface area contributed by atoms with E-state index in [-0.39, 0.29) is 5.91 Å². The molecule has 0 unspecified atom stereocenters. The second-order valence-electron chi connectivity index (χ2n) is 5.24. The number of ether oxygens (including phenoxy) is 2. The summed E-state index contributed by atoms with van der Waals surface area (Å²) in [5.41, 5.74) is 1.99. The molecule has 0 aromatic heterocycles. The third kappa shape index (κ3) is 4.73. The SMILES string of the molecule is COc1ccc(CC(=O)N(C)Cc2ccc(Br)cc2)cc1OC. The fourth-order valence-corrected chi connectivity index (χ4v) is 2.52. The van der Waals surface area contributed by atoms with Gasteiger partial charge in [0.25, 0.3) is 0 Å². The lowest BCUT2D eigenvalue weighted by Gasteiger charge is -2.18. The van der Waals surface area contributed by atoms with Crippen LogP contribution in [0, 0.1) is 0 Å². The lowest BCUT2D eigenvalue weighted by atomic mass is 10.1. The van der Waals surface area contributed by atoms with E-state index in [1.54, 1.807) is 19.1 Å². The summed E-state index contributed by atoms with van der Waals surface area (Å²) in [6.45, 7) is 0.583. The quantitative estimate of drug-likeness (QED) is 0.770. The number of carbonyl (C=O) groups is 1. The molecule has 0 aliphatic carbocycles.